The Labute approximate surface area is 316 Å². The molecule has 1 amide bonds. The Morgan fingerprint density at radius 3 is 2.33 bits per heavy atom. The second-order valence-corrected chi connectivity index (χ2v) is 16.8. The first-order chi connectivity index (χ1) is 25.4. The summed E-state index contributed by atoms with van der Waals surface area (Å²) in [5, 5.41) is 0.381. The van der Waals surface area contributed by atoms with Crippen LogP contribution in [0.25, 0.3) is 22.2 Å². The van der Waals surface area contributed by atoms with E-state index in [2.05, 4.69) is 9.88 Å². The number of benzene rings is 1. The Morgan fingerprint density at radius 2 is 1.72 bits per heavy atom. The van der Waals surface area contributed by atoms with E-state index < -0.39 is 39.1 Å². The number of carbonyl (C=O) groups is 2. The number of sulfonamides is 1. The maximum atomic E-state index is 15.6. The molecule has 15 nitrogen and oxygen atoms in total. The van der Waals surface area contributed by atoms with Gasteiger partial charge < -0.3 is 28.6 Å². The van der Waals surface area contributed by atoms with Gasteiger partial charge in [0.05, 0.1) is 50.0 Å². The highest BCUT2D eigenvalue weighted by Gasteiger charge is 2.36. The van der Waals surface area contributed by atoms with Gasteiger partial charge in [-0.3, -0.25) is 4.90 Å². The lowest BCUT2D eigenvalue weighted by atomic mass is 9.82. The number of hydrogen-bond acceptors (Lipinski definition) is 14. The number of amides is 1. The van der Waals surface area contributed by atoms with Gasteiger partial charge in [0.15, 0.2) is 0 Å². The van der Waals surface area contributed by atoms with E-state index in [0.717, 1.165) is 19.1 Å². The van der Waals surface area contributed by atoms with Crippen molar-refractivity contribution in [2.75, 3.05) is 75.2 Å². The van der Waals surface area contributed by atoms with Gasteiger partial charge >= 0.3 is 12.1 Å². The molecular weight excluding hydrogens is 724 g/mol. The van der Waals surface area contributed by atoms with Gasteiger partial charge in [0, 0.05) is 36.8 Å². The molecule has 2 saturated heterocycles. The summed E-state index contributed by atoms with van der Waals surface area (Å²) >= 11 is 0. The summed E-state index contributed by atoms with van der Waals surface area (Å²) in [6.45, 7) is 14.6. The summed E-state index contributed by atoms with van der Waals surface area (Å²) < 4.78 is 69.8. The first-order valence-corrected chi connectivity index (χ1v) is 19.9. The molecule has 1 aromatic carbocycles. The van der Waals surface area contributed by atoms with Gasteiger partial charge in [-0.25, -0.2) is 37.3 Å². The fourth-order valence-electron chi connectivity index (χ4n) is 6.68. The average Bonchev–Trinajstić information content (AvgIpc) is 3.10. The predicted molar refractivity (Wildman–Crippen MR) is 201 cm³/mol. The number of esters is 1. The van der Waals surface area contributed by atoms with E-state index in [-0.39, 0.29) is 29.8 Å². The SMILES string of the molecule is CCOC(=O)COC(C)(C)C1CCN(Cc2cc(F)cc3c(-c4cnc(OC)c(N(C(=O)OC(C)(C)C)S(C)(=O)=O)c4)nc(N4CCOCC4)nc23)CC1. The zero-order valence-corrected chi connectivity index (χ0v) is 33.1. The molecule has 0 bridgehead atoms. The molecule has 2 aromatic heterocycles. The molecule has 2 aliphatic heterocycles. The summed E-state index contributed by atoms with van der Waals surface area (Å²) in [5.74, 6) is -0.462. The van der Waals surface area contributed by atoms with Crippen LogP contribution in [0.3, 0.4) is 0 Å². The number of morpholine rings is 1. The summed E-state index contributed by atoms with van der Waals surface area (Å²) in [6, 6.07) is 4.24. The van der Waals surface area contributed by atoms with Gasteiger partial charge in [0.25, 0.3) is 0 Å². The van der Waals surface area contributed by atoms with Crippen molar-refractivity contribution in [1.82, 2.24) is 19.9 Å². The Hall–Kier alpha value is -4.19. The number of hydrogen-bond donors (Lipinski definition) is 0. The summed E-state index contributed by atoms with van der Waals surface area (Å²) in [7, 11) is -2.95. The van der Waals surface area contributed by atoms with E-state index in [4.69, 9.17) is 33.7 Å². The zero-order chi connectivity index (χ0) is 39.4. The van der Waals surface area contributed by atoms with Gasteiger partial charge in [0.2, 0.25) is 21.9 Å². The molecule has 0 radical (unpaired) electrons. The van der Waals surface area contributed by atoms with Crippen LogP contribution in [-0.4, -0.2) is 118 Å². The van der Waals surface area contributed by atoms with Crippen molar-refractivity contribution in [3.05, 3.63) is 35.8 Å². The largest absolute Gasteiger partial charge is 0.479 e. The van der Waals surface area contributed by atoms with Crippen LogP contribution in [0.2, 0.25) is 0 Å². The normalized spacial score (nSPS) is 16.4. The first-order valence-electron chi connectivity index (χ1n) is 18.0. The number of halogens is 1. The van der Waals surface area contributed by atoms with Gasteiger partial charge in [-0.2, -0.15) is 4.31 Å². The van der Waals surface area contributed by atoms with Crippen molar-refractivity contribution in [2.24, 2.45) is 5.92 Å². The molecule has 0 aliphatic carbocycles. The Balaban J connectivity index is 1.54. The number of methoxy groups -OCH3 is 1. The van der Waals surface area contributed by atoms with E-state index in [1.165, 1.54) is 31.5 Å². The molecule has 2 aliphatic rings. The topological polar surface area (TPSA) is 163 Å². The monoisotopic (exact) mass is 774 g/mol. The molecule has 0 spiro atoms. The minimum Gasteiger partial charge on any atom is -0.479 e. The highest BCUT2D eigenvalue weighted by molar-refractivity contribution is 7.92. The molecule has 296 valence electrons. The van der Waals surface area contributed by atoms with Crippen molar-refractivity contribution in [3.63, 3.8) is 0 Å². The van der Waals surface area contributed by atoms with Crippen LogP contribution in [0.15, 0.2) is 24.4 Å². The third kappa shape index (κ3) is 9.91. The van der Waals surface area contributed by atoms with Crippen molar-refractivity contribution >= 4 is 44.6 Å². The van der Waals surface area contributed by atoms with Crippen LogP contribution in [-0.2, 0) is 40.3 Å². The first kappa shape index (κ1) is 41.0. The maximum Gasteiger partial charge on any atom is 0.429 e. The highest BCUT2D eigenvalue weighted by atomic mass is 32.2. The van der Waals surface area contributed by atoms with Crippen LogP contribution in [0.5, 0.6) is 5.88 Å². The van der Waals surface area contributed by atoms with Crippen molar-refractivity contribution < 1.29 is 46.1 Å². The average molecular weight is 775 g/mol. The number of ether oxygens (including phenoxy) is 5. The Kier molecular flexibility index (Phi) is 12.7. The number of fused-ring (bicyclic) bond motifs is 1. The van der Waals surface area contributed by atoms with Crippen molar-refractivity contribution in [1.29, 1.82) is 0 Å². The van der Waals surface area contributed by atoms with Crippen LogP contribution in [0, 0.1) is 11.7 Å². The molecule has 0 unspecified atom stereocenters. The number of piperidine rings is 1. The van der Waals surface area contributed by atoms with Gasteiger partial charge in [-0.05, 0) is 97.2 Å². The second-order valence-electron chi connectivity index (χ2n) is 14.9. The van der Waals surface area contributed by atoms with Gasteiger partial charge in [-0.1, -0.05) is 0 Å². The van der Waals surface area contributed by atoms with Crippen LogP contribution in [0.4, 0.5) is 20.8 Å². The van der Waals surface area contributed by atoms with Crippen LogP contribution in [0.1, 0.15) is 59.9 Å². The standard InChI is InChI=1S/C37H51FN6O9S/c1-9-51-30(45)23-52-37(5,6)26-10-12-42(13-11-26)22-25-18-27(38)20-28-31(40-34(41-32(25)28)43-14-16-50-17-15-43)24-19-29(33(49-7)39-21-24)44(54(8,47)48)35(46)53-36(2,3)4/h18-21,26H,9-17,22-23H2,1-8H3. The second kappa shape index (κ2) is 16.7. The smallest absolute Gasteiger partial charge is 0.429 e. The number of rotatable bonds is 12. The summed E-state index contributed by atoms with van der Waals surface area (Å²) in [4.78, 5) is 43.7. The Morgan fingerprint density at radius 1 is 1.04 bits per heavy atom. The number of pyridine rings is 1. The quantitative estimate of drug-likeness (QED) is 0.227. The minimum absolute atomic E-state index is 0.109. The van der Waals surface area contributed by atoms with E-state index in [1.807, 2.05) is 18.7 Å². The van der Waals surface area contributed by atoms with Crippen molar-refractivity contribution in [2.45, 2.75) is 72.1 Å². The van der Waals surface area contributed by atoms with Crippen LogP contribution < -0.4 is 13.9 Å². The number of likely N-dealkylation sites (tertiary alicyclic amines) is 1. The summed E-state index contributed by atoms with van der Waals surface area (Å²) in [5.41, 5.74) is 0.00938. The van der Waals surface area contributed by atoms with E-state index in [9.17, 15) is 18.0 Å². The van der Waals surface area contributed by atoms with Gasteiger partial charge in [0.1, 0.15) is 23.7 Å². The van der Waals surface area contributed by atoms with Crippen LogP contribution >= 0.6 is 0 Å². The number of aromatic nitrogens is 3. The number of nitrogens with zero attached hydrogens (tertiary/aromatic N) is 6. The predicted octanol–water partition coefficient (Wildman–Crippen LogP) is 4.95. The maximum absolute atomic E-state index is 15.6. The molecule has 5 rings (SSSR count). The molecule has 0 N–H and O–H groups in total. The zero-order valence-electron chi connectivity index (χ0n) is 32.3. The van der Waals surface area contributed by atoms with Gasteiger partial charge in [-0.15, -0.1) is 0 Å². The molecule has 3 aromatic rings. The lowest BCUT2D eigenvalue weighted by Crippen LogP contribution is -2.44. The van der Waals surface area contributed by atoms with E-state index in [1.54, 1.807) is 27.7 Å². The molecule has 54 heavy (non-hydrogen) atoms. The summed E-state index contributed by atoms with van der Waals surface area (Å²) in [6.07, 6.45) is 2.77. The van der Waals surface area contributed by atoms with E-state index >= 15 is 4.39 Å². The molecular formula is C37H51FN6O9S. The third-order valence-electron chi connectivity index (χ3n) is 9.37. The van der Waals surface area contributed by atoms with E-state index in [0.29, 0.717) is 84.8 Å². The highest BCUT2D eigenvalue weighted by Crippen LogP contribution is 2.38. The fourth-order valence-corrected chi connectivity index (χ4v) is 7.48. The minimum atomic E-state index is -4.25. The molecule has 2 fully saturated rings. The molecule has 17 heteroatoms. The number of anilines is 2. The molecule has 4 heterocycles. The lowest BCUT2D eigenvalue weighted by molar-refractivity contribution is -0.158. The number of carbonyl (C=O) groups excluding carboxylic acids is 2. The van der Waals surface area contributed by atoms with Crippen molar-refractivity contribution in [3.8, 4) is 17.1 Å². The Bertz CT molecular complexity index is 1940. The fraction of sp³-hybridized carbons (Fsp3) is 0.595. The molecule has 0 atom stereocenters. The lowest BCUT2D eigenvalue weighted by Gasteiger charge is -2.40. The molecule has 0 saturated carbocycles. The third-order valence-corrected chi connectivity index (χ3v) is 10.4.